The van der Waals surface area contributed by atoms with Crippen LogP contribution in [0.15, 0.2) is 18.3 Å². The fourth-order valence-corrected chi connectivity index (χ4v) is 1.69. The summed E-state index contributed by atoms with van der Waals surface area (Å²) >= 11 is 0. The average molecular weight is 280 g/mol. The summed E-state index contributed by atoms with van der Waals surface area (Å²) in [6, 6.07) is 3.21. The molecule has 0 spiro atoms. The Morgan fingerprint density at radius 2 is 2.10 bits per heavy atom. The van der Waals surface area contributed by atoms with Crippen LogP contribution in [0.4, 0.5) is 5.82 Å². The first-order valence-corrected chi connectivity index (χ1v) is 6.46. The number of esters is 2. The van der Waals surface area contributed by atoms with Gasteiger partial charge in [-0.1, -0.05) is 0 Å². The summed E-state index contributed by atoms with van der Waals surface area (Å²) in [7, 11) is 1.32. The van der Waals surface area contributed by atoms with E-state index in [1.165, 1.54) is 13.3 Å². The van der Waals surface area contributed by atoms with Crippen LogP contribution in [0.5, 0.6) is 0 Å². The van der Waals surface area contributed by atoms with Gasteiger partial charge in [-0.05, 0) is 32.9 Å². The SMILES string of the molecule is CCOC(=O)CN(c1cc(C(=O)OC)ccn1)C(C)C. The van der Waals surface area contributed by atoms with E-state index in [4.69, 9.17) is 4.74 Å². The maximum Gasteiger partial charge on any atom is 0.338 e. The molecule has 0 bridgehead atoms. The minimum absolute atomic E-state index is 0.0415. The van der Waals surface area contributed by atoms with Gasteiger partial charge in [-0.25, -0.2) is 9.78 Å². The highest BCUT2D eigenvalue weighted by atomic mass is 16.5. The van der Waals surface area contributed by atoms with Crippen LogP contribution in [0.3, 0.4) is 0 Å². The van der Waals surface area contributed by atoms with Crippen molar-refractivity contribution >= 4 is 17.8 Å². The van der Waals surface area contributed by atoms with Gasteiger partial charge in [-0.3, -0.25) is 4.79 Å². The number of nitrogens with zero attached hydrogens (tertiary/aromatic N) is 2. The van der Waals surface area contributed by atoms with Crippen molar-refractivity contribution in [2.24, 2.45) is 0 Å². The van der Waals surface area contributed by atoms with Crippen LogP contribution in [-0.4, -0.2) is 43.2 Å². The summed E-state index contributed by atoms with van der Waals surface area (Å²) in [6.45, 7) is 6.05. The van der Waals surface area contributed by atoms with Gasteiger partial charge in [0.25, 0.3) is 0 Å². The van der Waals surface area contributed by atoms with E-state index in [0.717, 1.165) is 0 Å². The Bertz CT molecular complexity index is 474. The minimum atomic E-state index is -0.437. The second-order valence-corrected chi connectivity index (χ2v) is 4.42. The number of carbonyl (C=O) groups is 2. The zero-order valence-electron chi connectivity index (χ0n) is 12.3. The van der Waals surface area contributed by atoms with Gasteiger partial charge >= 0.3 is 11.9 Å². The summed E-state index contributed by atoms with van der Waals surface area (Å²) in [6.07, 6.45) is 1.52. The number of carbonyl (C=O) groups excluding carboxylic acids is 2. The van der Waals surface area contributed by atoms with E-state index >= 15 is 0 Å². The van der Waals surface area contributed by atoms with Crippen molar-refractivity contribution in [2.75, 3.05) is 25.2 Å². The van der Waals surface area contributed by atoms with Crippen molar-refractivity contribution in [3.8, 4) is 0 Å². The van der Waals surface area contributed by atoms with Crippen molar-refractivity contribution in [3.63, 3.8) is 0 Å². The van der Waals surface area contributed by atoms with E-state index in [0.29, 0.717) is 18.0 Å². The molecular weight excluding hydrogens is 260 g/mol. The van der Waals surface area contributed by atoms with Crippen LogP contribution < -0.4 is 4.90 Å². The molecule has 20 heavy (non-hydrogen) atoms. The summed E-state index contributed by atoms with van der Waals surface area (Å²) in [5.74, 6) is -0.226. The van der Waals surface area contributed by atoms with Crippen molar-refractivity contribution in [2.45, 2.75) is 26.8 Å². The maximum absolute atomic E-state index is 11.6. The Balaban J connectivity index is 2.97. The Labute approximate surface area is 118 Å². The number of methoxy groups -OCH3 is 1. The third kappa shape index (κ3) is 4.22. The molecule has 0 unspecified atom stereocenters. The first kappa shape index (κ1) is 15.9. The molecule has 0 amide bonds. The van der Waals surface area contributed by atoms with Crippen molar-refractivity contribution in [1.82, 2.24) is 4.98 Å². The molecule has 1 heterocycles. The van der Waals surface area contributed by atoms with E-state index in [2.05, 4.69) is 9.72 Å². The largest absolute Gasteiger partial charge is 0.465 e. The van der Waals surface area contributed by atoms with Crippen LogP contribution in [0.25, 0.3) is 0 Å². The van der Waals surface area contributed by atoms with Gasteiger partial charge in [-0.15, -0.1) is 0 Å². The lowest BCUT2D eigenvalue weighted by atomic mass is 10.2. The van der Waals surface area contributed by atoms with Crippen molar-refractivity contribution in [1.29, 1.82) is 0 Å². The molecule has 1 aromatic rings. The summed E-state index contributed by atoms with van der Waals surface area (Å²) < 4.78 is 9.62. The van der Waals surface area contributed by atoms with Crippen LogP contribution in [0.1, 0.15) is 31.1 Å². The van der Waals surface area contributed by atoms with Crippen LogP contribution in [0, 0.1) is 0 Å². The predicted molar refractivity (Wildman–Crippen MR) is 74.7 cm³/mol. The Morgan fingerprint density at radius 1 is 1.40 bits per heavy atom. The standard InChI is InChI=1S/C14H20N2O4/c1-5-20-13(17)9-16(10(2)3)12-8-11(6-7-15-12)14(18)19-4/h6-8,10H,5,9H2,1-4H3. The molecule has 6 heteroatoms. The fraction of sp³-hybridized carbons (Fsp3) is 0.500. The molecule has 0 aliphatic heterocycles. The second kappa shape index (κ2) is 7.47. The number of rotatable bonds is 6. The molecule has 0 aliphatic carbocycles. The van der Waals surface area contributed by atoms with Crippen molar-refractivity contribution in [3.05, 3.63) is 23.9 Å². The third-order valence-electron chi connectivity index (χ3n) is 2.69. The van der Waals surface area contributed by atoms with Crippen LogP contribution in [-0.2, 0) is 14.3 Å². The number of hydrogen-bond acceptors (Lipinski definition) is 6. The summed E-state index contributed by atoms with van der Waals surface area (Å²) in [5.41, 5.74) is 0.395. The zero-order chi connectivity index (χ0) is 15.1. The highest BCUT2D eigenvalue weighted by Gasteiger charge is 2.18. The second-order valence-electron chi connectivity index (χ2n) is 4.42. The van der Waals surface area contributed by atoms with Gasteiger partial charge in [0.1, 0.15) is 12.4 Å². The molecule has 0 saturated carbocycles. The van der Waals surface area contributed by atoms with E-state index < -0.39 is 5.97 Å². The van der Waals surface area contributed by atoms with Gasteiger partial charge < -0.3 is 14.4 Å². The maximum atomic E-state index is 11.6. The Kier molecular flexibility index (Phi) is 5.96. The zero-order valence-corrected chi connectivity index (χ0v) is 12.3. The smallest absolute Gasteiger partial charge is 0.338 e. The van der Waals surface area contributed by atoms with Gasteiger partial charge in [0.05, 0.1) is 19.3 Å². The summed E-state index contributed by atoms with van der Waals surface area (Å²) in [5, 5.41) is 0. The van der Waals surface area contributed by atoms with E-state index in [1.807, 2.05) is 13.8 Å². The van der Waals surface area contributed by atoms with E-state index in [-0.39, 0.29) is 18.6 Å². The van der Waals surface area contributed by atoms with E-state index in [1.54, 1.807) is 24.0 Å². The fourth-order valence-electron chi connectivity index (χ4n) is 1.69. The Hall–Kier alpha value is -2.11. The van der Waals surface area contributed by atoms with Gasteiger partial charge in [0.2, 0.25) is 0 Å². The van der Waals surface area contributed by atoms with Gasteiger partial charge in [0.15, 0.2) is 0 Å². The molecule has 0 radical (unpaired) electrons. The van der Waals surface area contributed by atoms with Crippen molar-refractivity contribution < 1.29 is 19.1 Å². The number of aromatic nitrogens is 1. The normalized spacial score (nSPS) is 10.2. The summed E-state index contributed by atoms with van der Waals surface area (Å²) in [4.78, 5) is 29.1. The van der Waals surface area contributed by atoms with Crippen LogP contribution in [0.2, 0.25) is 0 Å². The molecule has 1 aromatic heterocycles. The molecule has 0 atom stereocenters. The third-order valence-corrected chi connectivity index (χ3v) is 2.69. The highest BCUT2D eigenvalue weighted by molar-refractivity contribution is 5.90. The molecular formula is C14H20N2O4. The quantitative estimate of drug-likeness (QED) is 0.738. The molecule has 0 aliphatic rings. The first-order chi connectivity index (χ1) is 9.49. The van der Waals surface area contributed by atoms with Gasteiger partial charge in [-0.2, -0.15) is 0 Å². The van der Waals surface area contributed by atoms with E-state index in [9.17, 15) is 9.59 Å². The number of ether oxygens (including phenoxy) is 2. The Morgan fingerprint density at radius 3 is 2.65 bits per heavy atom. The number of anilines is 1. The predicted octanol–water partition coefficient (Wildman–Crippen LogP) is 1.65. The number of pyridine rings is 1. The molecule has 110 valence electrons. The van der Waals surface area contributed by atoms with Crippen LogP contribution >= 0.6 is 0 Å². The highest BCUT2D eigenvalue weighted by Crippen LogP contribution is 2.16. The lowest BCUT2D eigenvalue weighted by Gasteiger charge is -2.26. The monoisotopic (exact) mass is 280 g/mol. The molecule has 6 nitrogen and oxygen atoms in total. The lowest BCUT2D eigenvalue weighted by molar-refractivity contribution is -0.141. The molecule has 0 aromatic carbocycles. The number of hydrogen-bond donors (Lipinski definition) is 0. The molecule has 0 N–H and O–H groups in total. The molecule has 0 fully saturated rings. The average Bonchev–Trinajstić information content (AvgIpc) is 2.44. The first-order valence-electron chi connectivity index (χ1n) is 6.46. The molecule has 0 saturated heterocycles. The lowest BCUT2D eigenvalue weighted by Crippen LogP contribution is -2.37. The van der Waals surface area contributed by atoms with Gasteiger partial charge in [0, 0.05) is 12.2 Å². The topological polar surface area (TPSA) is 68.7 Å². The minimum Gasteiger partial charge on any atom is -0.465 e. The molecule has 1 rings (SSSR count).